The molecule has 0 saturated carbocycles. The molecule has 0 fully saturated rings. The van der Waals surface area contributed by atoms with Crippen molar-refractivity contribution in [2.75, 3.05) is 5.32 Å². The zero-order valence-electron chi connectivity index (χ0n) is 10.4. The first kappa shape index (κ1) is 16.0. The van der Waals surface area contributed by atoms with E-state index in [0.717, 1.165) is 0 Å². The third-order valence-corrected chi connectivity index (χ3v) is 3.74. The molecule has 1 aromatic carbocycles. The van der Waals surface area contributed by atoms with E-state index in [0.29, 0.717) is 14.6 Å². The summed E-state index contributed by atoms with van der Waals surface area (Å²) in [5.41, 5.74) is 0.549. The van der Waals surface area contributed by atoms with Crippen LogP contribution in [-0.2, 0) is 4.79 Å². The number of rotatable bonds is 4. The predicted octanol–water partition coefficient (Wildman–Crippen LogP) is 3.44. The Morgan fingerprint density at radius 3 is 2.16 bits per heavy atom. The van der Waals surface area contributed by atoms with Gasteiger partial charge in [0.05, 0.1) is 5.69 Å². The molecule has 0 aliphatic carbocycles. The van der Waals surface area contributed by atoms with Gasteiger partial charge in [0.15, 0.2) is 0 Å². The molecule has 0 aromatic heterocycles. The highest BCUT2D eigenvalue weighted by Gasteiger charge is 2.23. The first-order chi connectivity index (χ1) is 8.82. The number of carbonyl (C=O) groups excluding carboxylic acids is 1. The van der Waals surface area contributed by atoms with Crippen molar-refractivity contribution in [2.45, 2.75) is 19.9 Å². The monoisotopic (exact) mass is 392 g/mol. The van der Waals surface area contributed by atoms with Crippen LogP contribution in [0.25, 0.3) is 0 Å². The Morgan fingerprint density at radius 1 is 1.21 bits per heavy atom. The van der Waals surface area contributed by atoms with E-state index in [2.05, 4.69) is 42.5 Å². The molecule has 1 unspecified atom stereocenters. The highest BCUT2D eigenvalue weighted by atomic mass is 79.9. The summed E-state index contributed by atoms with van der Waals surface area (Å²) in [6.07, 6.45) is 0. The Kier molecular flexibility index (Phi) is 5.81. The second kappa shape index (κ2) is 6.91. The number of carbonyl (C=O) groups is 2. The predicted molar refractivity (Wildman–Crippen MR) is 80.3 cm³/mol. The van der Waals surface area contributed by atoms with Gasteiger partial charge in [-0.1, -0.05) is 19.9 Å². The van der Waals surface area contributed by atoms with Gasteiger partial charge in [0.2, 0.25) is 0 Å². The van der Waals surface area contributed by atoms with E-state index in [1.54, 1.807) is 26.0 Å². The Balaban J connectivity index is 2.78. The topological polar surface area (TPSA) is 78.4 Å². The van der Waals surface area contributed by atoms with Crippen LogP contribution in [0.4, 0.5) is 10.5 Å². The van der Waals surface area contributed by atoms with Crippen LogP contribution >= 0.6 is 31.9 Å². The minimum Gasteiger partial charge on any atom is -0.480 e. The Hall–Kier alpha value is -1.08. The van der Waals surface area contributed by atoms with E-state index in [9.17, 15) is 9.59 Å². The lowest BCUT2D eigenvalue weighted by atomic mass is 10.1. The van der Waals surface area contributed by atoms with Gasteiger partial charge in [0, 0.05) is 8.95 Å². The van der Waals surface area contributed by atoms with Crippen LogP contribution in [-0.4, -0.2) is 23.1 Å². The van der Waals surface area contributed by atoms with E-state index in [1.165, 1.54) is 0 Å². The number of para-hydroxylation sites is 1. The fraction of sp³-hybridized carbons (Fsp3) is 0.333. The van der Waals surface area contributed by atoms with Crippen molar-refractivity contribution in [3.05, 3.63) is 27.1 Å². The maximum absolute atomic E-state index is 11.8. The number of nitrogens with one attached hydrogen (secondary N) is 2. The number of halogens is 2. The van der Waals surface area contributed by atoms with Gasteiger partial charge in [-0.25, -0.2) is 9.59 Å². The zero-order valence-corrected chi connectivity index (χ0v) is 13.6. The fourth-order valence-corrected chi connectivity index (χ4v) is 2.62. The molecular formula is C12H14Br2N2O3. The molecule has 0 saturated heterocycles. The largest absolute Gasteiger partial charge is 0.480 e. The summed E-state index contributed by atoms with van der Waals surface area (Å²) in [5.74, 6) is -1.26. The molecule has 0 spiro atoms. The quantitative estimate of drug-likeness (QED) is 0.733. The molecule has 2 amide bonds. The van der Waals surface area contributed by atoms with Gasteiger partial charge >= 0.3 is 12.0 Å². The number of carboxylic acids is 1. The van der Waals surface area contributed by atoms with Gasteiger partial charge in [-0.3, -0.25) is 0 Å². The van der Waals surface area contributed by atoms with Crippen molar-refractivity contribution in [3.8, 4) is 0 Å². The van der Waals surface area contributed by atoms with Crippen LogP contribution in [0.2, 0.25) is 0 Å². The minimum absolute atomic E-state index is 0.203. The van der Waals surface area contributed by atoms with Crippen molar-refractivity contribution >= 4 is 49.5 Å². The van der Waals surface area contributed by atoms with E-state index in [4.69, 9.17) is 5.11 Å². The highest BCUT2D eigenvalue weighted by Crippen LogP contribution is 2.30. The average Bonchev–Trinajstić information content (AvgIpc) is 2.30. The lowest BCUT2D eigenvalue weighted by Crippen LogP contribution is -2.46. The summed E-state index contributed by atoms with van der Waals surface area (Å²) >= 11 is 6.62. The number of urea groups is 1. The Bertz CT molecular complexity index is 472. The van der Waals surface area contributed by atoms with Crippen LogP contribution in [0.1, 0.15) is 13.8 Å². The summed E-state index contributed by atoms with van der Waals surface area (Å²) in [6.45, 7) is 3.46. The molecule has 0 aliphatic heterocycles. The van der Waals surface area contributed by atoms with Gasteiger partial charge in [0.1, 0.15) is 6.04 Å². The summed E-state index contributed by atoms with van der Waals surface area (Å²) in [6, 6.07) is 3.87. The van der Waals surface area contributed by atoms with Crippen molar-refractivity contribution < 1.29 is 14.7 Å². The SMILES string of the molecule is CC(C)C(NC(=O)Nc1c(Br)cccc1Br)C(=O)O. The number of carboxylic acid groups (broad SMARTS) is 1. The molecule has 0 radical (unpaired) electrons. The molecule has 1 atom stereocenters. The van der Waals surface area contributed by atoms with Crippen LogP contribution in [0.3, 0.4) is 0 Å². The van der Waals surface area contributed by atoms with Gasteiger partial charge in [-0.15, -0.1) is 0 Å². The summed E-state index contributed by atoms with van der Waals surface area (Å²) in [7, 11) is 0. The number of benzene rings is 1. The smallest absolute Gasteiger partial charge is 0.326 e. The molecule has 1 rings (SSSR count). The van der Waals surface area contributed by atoms with Gasteiger partial charge < -0.3 is 15.7 Å². The Labute approximate surface area is 128 Å². The highest BCUT2D eigenvalue weighted by molar-refractivity contribution is 9.11. The van der Waals surface area contributed by atoms with Crippen molar-refractivity contribution in [1.82, 2.24) is 5.32 Å². The third kappa shape index (κ3) is 4.50. The summed E-state index contributed by atoms with van der Waals surface area (Å²) in [5, 5.41) is 14.0. The van der Waals surface area contributed by atoms with Crippen LogP contribution in [0, 0.1) is 5.92 Å². The minimum atomic E-state index is -1.06. The number of anilines is 1. The zero-order chi connectivity index (χ0) is 14.6. The summed E-state index contributed by atoms with van der Waals surface area (Å²) in [4.78, 5) is 22.8. The second-order valence-electron chi connectivity index (χ2n) is 4.26. The maximum Gasteiger partial charge on any atom is 0.326 e. The van der Waals surface area contributed by atoms with Crippen LogP contribution in [0.15, 0.2) is 27.1 Å². The van der Waals surface area contributed by atoms with E-state index >= 15 is 0 Å². The molecule has 19 heavy (non-hydrogen) atoms. The van der Waals surface area contributed by atoms with Crippen molar-refractivity contribution in [3.63, 3.8) is 0 Å². The number of amides is 2. The van der Waals surface area contributed by atoms with E-state index in [-0.39, 0.29) is 5.92 Å². The maximum atomic E-state index is 11.8. The van der Waals surface area contributed by atoms with Gasteiger partial charge in [0.25, 0.3) is 0 Å². The van der Waals surface area contributed by atoms with E-state index < -0.39 is 18.0 Å². The van der Waals surface area contributed by atoms with Gasteiger partial charge in [-0.05, 0) is 49.9 Å². The molecular weight excluding hydrogens is 380 g/mol. The molecule has 0 aliphatic rings. The average molecular weight is 394 g/mol. The van der Waals surface area contributed by atoms with Crippen molar-refractivity contribution in [2.24, 2.45) is 5.92 Å². The number of hydrogen-bond acceptors (Lipinski definition) is 2. The summed E-state index contributed by atoms with van der Waals surface area (Å²) < 4.78 is 1.40. The van der Waals surface area contributed by atoms with Crippen LogP contribution in [0.5, 0.6) is 0 Å². The lowest BCUT2D eigenvalue weighted by molar-refractivity contribution is -0.140. The third-order valence-electron chi connectivity index (χ3n) is 2.42. The molecule has 1 aromatic rings. The van der Waals surface area contributed by atoms with Crippen LogP contribution < -0.4 is 10.6 Å². The Morgan fingerprint density at radius 2 is 1.74 bits per heavy atom. The molecule has 0 heterocycles. The number of hydrogen-bond donors (Lipinski definition) is 3. The van der Waals surface area contributed by atoms with E-state index in [1.807, 2.05) is 6.07 Å². The molecule has 7 heteroatoms. The van der Waals surface area contributed by atoms with Gasteiger partial charge in [-0.2, -0.15) is 0 Å². The van der Waals surface area contributed by atoms with Crippen molar-refractivity contribution in [1.29, 1.82) is 0 Å². The molecule has 0 bridgehead atoms. The molecule has 3 N–H and O–H groups in total. The first-order valence-electron chi connectivity index (χ1n) is 5.57. The fourth-order valence-electron chi connectivity index (χ4n) is 1.42. The first-order valence-corrected chi connectivity index (χ1v) is 7.16. The second-order valence-corrected chi connectivity index (χ2v) is 5.96. The molecule has 104 valence electrons. The lowest BCUT2D eigenvalue weighted by Gasteiger charge is -2.19. The standard InChI is InChI=1S/C12H14Br2N2O3/c1-6(2)9(11(17)18)15-12(19)16-10-7(13)4-3-5-8(10)14/h3-6,9H,1-2H3,(H,17,18)(H2,15,16,19). The normalized spacial score (nSPS) is 12.1. The molecule has 5 nitrogen and oxygen atoms in total. The number of aliphatic carboxylic acids is 1.